The van der Waals surface area contributed by atoms with Crippen molar-refractivity contribution in [3.63, 3.8) is 0 Å². The molecule has 1 unspecified atom stereocenters. The molecule has 0 bridgehead atoms. The van der Waals surface area contributed by atoms with Gasteiger partial charge in [0.2, 0.25) is 0 Å². The number of fused-ring (bicyclic) bond motifs is 1. The van der Waals surface area contributed by atoms with Crippen LogP contribution in [0.2, 0.25) is 10.0 Å². The number of phenols is 3. The van der Waals surface area contributed by atoms with Gasteiger partial charge >= 0.3 is 0 Å². The minimum Gasteiger partial charge on any atom is -0.505 e. The minimum atomic E-state index is -0.842. The SMILES string of the molecule is CC1Cc2c(O)c(F)cc(-c3c(Cl)cc(O)c(O)c3Cl)c2O1. The van der Waals surface area contributed by atoms with E-state index in [0.29, 0.717) is 12.0 Å². The molecule has 1 atom stereocenters. The van der Waals surface area contributed by atoms with Gasteiger partial charge in [-0.2, -0.15) is 0 Å². The van der Waals surface area contributed by atoms with Crippen LogP contribution in [0.25, 0.3) is 11.1 Å². The van der Waals surface area contributed by atoms with Crippen molar-refractivity contribution in [3.05, 3.63) is 33.6 Å². The zero-order chi connectivity index (χ0) is 16.2. The van der Waals surface area contributed by atoms with Crippen LogP contribution in [0.4, 0.5) is 4.39 Å². The lowest BCUT2D eigenvalue weighted by Crippen LogP contribution is -2.05. The van der Waals surface area contributed by atoms with Crippen molar-refractivity contribution in [1.82, 2.24) is 0 Å². The smallest absolute Gasteiger partial charge is 0.177 e. The molecular formula is C15H11Cl2FO4. The molecule has 3 rings (SSSR count). The lowest BCUT2D eigenvalue weighted by atomic mass is 9.98. The molecule has 0 saturated carbocycles. The third-order valence-electron chi connectivity index (χ3n) is 3.55. The van der Waals surface area contributed by atoms with Gasteiger partial charge in [-0.15, -0.1) is 0 Å². The Kier molecular flexibility index (Phi) is 3.50. The van der Waals surface area contributed by atoms with Crippen molar-refractivity contribution in [2.45, 2.75) is 19.4 Å². The summed E-state index contributed by atoms with van der Waals surface area (Å²) in [4.78, 5) is 0. The highest BCUT2D eigenvalue weighted by molar-refractivity contribution is 6.40. The topological polar surface area (TPSA) is 69.9 Å². The summed E-state index contributed by atoms with van der Waals surface area (Å²) in [7, 11) is 0. The van der Waals surface area contributed by atoms with Gasteiger partial charge in [-0.3, -0.25) is 0 Å². The maximum atomic E-state index is 14.0. The van der Waals surface area contributed by atoms with E-state index >= 15 is 0 Å². The van der Waals surface area contributed by atoms with Gasteiger partial charge in [0.15, 0.2) is 23.1 Å². The summed E-state index contributed by atoms with van der Waals surface area (Å²) in [5.41, 5.74) is 0.657. The highest BCUT2D eigenvalue weighted by Crippen LogP contribution is 2.51. The Morgan fingerprint density at radius 3 is 2.55 bits per heavy atom. The molecular weight excluding hydrogens is 334 g/mol. The molecule has 22 heavy (non-hydrogen) atoms. The number of rotatable bonds is 1. The number of ether oxygens (including phenoxy) is 1. The van der Waals surface area contributed by atoms with Crippen LogP contribution >= 0.6 is 23.2 Å². The van der Waals surface area contributed by atoms with E-state index in [9.17, 15) is 19.7 Å². The molecule has 0 spiro atoms. The van der Waals surface area contributed by atoms with E-state index in [1.54, 1.807) is 6.92 Å². The summed E-state index contributed by atoms with van der Waals surface area (Å²) in [5, 5.41) is 28.9. The van der Waals surface area contributed by atoms with Crippen LogP contribution in [0.3, 0.4) is 0 Å². The standard InChI is InChI=1S/C15H11Cl2FO4/c1-5-2-7-13(20)9(18)3-6(15(7)22-5)11-8(16)4-10(19)14(21)12(11)17/h3-5,19-21H,2H2,1H3. The number of hydrogen-bond donors (Lipinski definition) is 3. The normalized spacial score (nSPS) is 16.5. The summed E-state index contributed by atoms with van der Waals surface area (Å²) in [6.45, 7) is 1.78. The van der Waals surface area contributed by atoms with Crippen LogP contribution < -0.4 is 4.74 Å². The Labute approximate surface area is 135 Å². The molecule has 3 N–H and O–H groups in total. The van der Waals surface area contributed by atoms with Gasteiger partial charge in [-0.25, -0.2) is 4.39 Å². The second-order valence-corrected chi connectivity index (χ2v) is 5.90. The Morgan fingerprint density at radius 1 is 1.18 bits per heavy atom. The lowest BCUT2D eigenvalue weighted by Gasteiger charge is -2.15. The number of hydrogen-bond acceptors (Lipinski definition) is 4. The molecule has 116 valence electrons. The summed E-state index contributed by atoms with van der Waals surface area (Å²) < 4.78 is 19.6. The maximum absolute atomic E-state index is 14.0. The van der Waals surface area contributed by atoms with Crippen molar-refractivity contribution in [2.24, 2.45) is 0 Å². The van der Waals surface area contributed by atoms with E-state index in [0.717, 1.165) is 12.1 Å². The van der Waals surface area contributed by atoms with Crippen LogP contribution in [0.5, 0.6) is 23.0 Å². The number of aromatic hydroxyl groups is 3. The van der Waals surface area contributed by atoms with Crippen LogP contribution in [-0.4, -0.2) is 21.4 Å². The average Bonchev–Trinajstić information content (AvgIpc) is 2.84. The third kappa shape index (κ3) is 2.12. The highest BCUT2D eigenvalue weighted by Gasteiger charge is 2.30. The maximum Gasteiger partial charge on any atom is 0.177 e. The van der Waals surface area contributed by atoms with E-state index in [2.05, 4.69) is 0 Å². The monoisotopic (exact) mass is 344 g/mol. The van der Waals surface area contributed by atoms with Crippen molar-refractivity contribution in [2.75, 3.05) is 0 Å². The van der Waals surface area contributed by atoms with E-state index in [-0.39, 0.29) is 33.0 Å². The first-order chi connectivity index (χ1) is 10.3. The Hall–Kier alpha value is -1.85. The first kappa shape index (κ1) is 15.1. The molecule has 7 heteroatoms. The zero-order valence-electron chi connectivity index (χ0n) is 11.3. The van der Waals surface area contributed by atoms with Gasteiger partial charge in [0.1, 0.15) is 11.9 Å². The fraction of sp³-hybridized carbons (Fsp3) is 0.200. The molecule has 1 aliphatic rings. The Bertz CT molecular complexity index is 792. The van der Waals surface area contributed by atoms with Gasteiger partial charge in [-0.05, 0) is 13.0 Å². The molecule has 0 amide bonds. The highest BCUT2D eigenvalue weighted by atomic mass is 35.5. The van der Waals surface area contributed by atoms with Gasteiger partial charge in [0.25, 0.3) is 0 Å². The first-order valence-electron chi connectivity index (χ1n) is 6.42. The summed E-state index contributed by atoms with van der Waals surface area (Å²) >= 11 is 12.1. The Balaban J connectivity index is 2.34. The van der Waals surface area contributed by atoms with Crippen LogP contribution in [-0.2, 0) is 6.42 Å². The lowest BCUT2D eigenvalue weighted by molar-refractivity contribution is 0.255. The number of phenolic OH excluding ortho intramolecular Hbond substituents is 3. The summed E-state index contributed by atoms with van der Waals surface area (Å²) in [6, 6.07) is 2.14. The van der Waals surface area contributed by atoms with Crippen molar-refractivity contribution in [3.8, 4) is 34.1 Å². The third-order valence-corrected chi connectivity index (χ3v) is 4.22. The molecule has 0 aliphatic carbocycles. The number of halogens is 3. The quantitative estimate of drug-likeness (QED) is 0.676. The van der Waals surface area contributed by atoms with E-state index in [4.69, 9.17) is 27.9 Å². The predicted molar refractivity (Wildman–Crippen MR) is 80.6 cm³/mol. The molecule has 2 aromatic carbocycles. The van der Waals surface area contributed by atoms with Crippen molar-refractivity contribution < 1.29 is 24.4 Å². The van der Waals surface area contributed by atoms with Crippen LogP contribution in [0.15, 0.2) is 12.1 Å². The van der Waals surface area contributed by atoms with Gasteiger partial charge in [0.05, 0.1) is 10.0 Å². The molecule has 0 aromatic heterocycles. The van der Waals surface area contributed by atoms with Gasteiger partial charge in [-0.1, -0.05) is 23.2 Å². The molecule has 1 heterocycles. The van der Waals surface area contributed by atoms with E-state index in [1.807, 2.05) is 0 Å². The summed E-state index contributed by atoms with van der Waals surface area (Å²) in [6.07, 6.45) is 0.0929. The second kappa shape index (κ2) is 5.11. The predicted octanol–water partition coefficient (Wildman–Crippen LogP) is 4.24. The largest absolute Gasteiger partial charge is 0.505 e. The molecule has 1 aliphatic heterocycles. The molecule has 4 nitrogen and oxygen atoms in total. The molecule has 0 fully saturated rings. The zero-order valence-corrected chi connectivity index (χ0v) is 12.8. The molecule has 0 saturated heterocycles. The summed E-state index contributed by atoms with van der Waals surface area (Å²) in [5.74, 6) is -2.09. The average molecular weight is 345 g/mol. The van der Waals surface area contributed by atoms with Crippen LogP contribution in [0.1, 0.15) is 12.5 Å². The van der Waals surface area contributed by atoms with E-state index < -0.39 is 23.1 Å². The van der Waals surface area contributed by atoms with Crippen molar-refractivity contribution in [1.29, 1.82) is 0 Å². The molecule has 2 aromatic rings. The van der Waals surface area contributed by atoms with Crippen molar-refractivity contribution >= 4 is 23.2 Å². The van der Waals surface area contributed by atoms with E-state index in [1.165, 1.54) is 0 Å². The first-order valence-corrected chi connectivity index (χ1v) is 7.18. The van der Waals surface area contributed by atoms with Gasteiger partial charge in [0, 0.05) is 29.2 Å². The fourth-order valence-corrected chi connectivity index (χ4v) is 3.21. The fourth-order valence-electron chi connectivity index (χ4n) is 2.56. The second-order valence-electron chi connectivity index (χ2n) is 5.11. The molecule has 0 radical (unpaired) electrons. The van der Waals surface area contributed by atoms with Crippen LogP contribution in [0, 0.1) is 5.82 Å². The Morgan fingerprint density at radius 2 is 1.86 bits per heavy atom. The minimum absolute atomic E-state index is 0.0238. The number of benzene rings is 2. The van der Waals surface area contributed by atoms with Gasteiger partial charge < -0.3 is 20.1 Å².